The van der Waals surface area contributed by atoms with E-state index in [1.54, 1.807) is 7.11 Å². The van der Waals surface area contributed by atoms with Gasteiger partial charge in [0.15, 0.2) is 0 Å². The lowest BCUT2D eigenvalue weighted by molar-refractivity contribution is 0.415. The maximum Gasteiger partial charge on any atom is 0.118 e. The summed E-state index contributed by atoms with van der Waals surface area (Å²) < 4.78 is 6.48. The molecular weight excluding hydrogens is 400 g/mol. The lowest BCUT2D eigenvalue weighted by Crippen LogP contribution is -2.19. The molecule has 4 heteroatoms. The highest BCUT2D eigenvalue weighted by atomic mass is 79.9. The second-order valence-electron chi connectivity index (χ2n) is 5.69. The first-order valence-electron chi connectivity index (χ1n) is 7.85. The number of halogens is 1. The van der Waals surface area contributed by atoms with Crippen LogP contribution in [0.15, 0.2) is 65.2 Å². The SMILES string of the molecule is COc1ccc(C2=C(Br)C=C(c3ccccc3)C23SCCS3)cc1. The lowest BCUT2D eigenvalue weighted by Gasteiger charge is -2.30. The van der Waals surface area contributed by atoms with E-state index in [0.29, 0.717) is 0 Å². The molecule has 0 N–H and O–H groups in total. The molecule has 1 aliphatic carbocycles. The monoisotopic (exact) mass is 416 g/mol. The minimum Gasteiger partial charge on any atom is -0.497 e. The van der Waals surface area contributed by atoms with E-state index in [4.69, 9.17) is 4.74 Å². The van der Waals surface area contributed by atoms with Gasteiger partial charge in [-0.3, -0.25) is 0 Å². The fourth-order valence-electron chi connectivity index (χ4n) is 3.27. The zero-order valence-corrected chi connectivity index (χ0v) is 16.5. The molecule has 0 bridgehead atoms. The van der Waals surface area contributed by atoms with Gasteiger partial charge < -0.3 is 4.74 Å². The molecule has 24 heavy (non-hydrogen) atoms. The summed E-state index contributed by atoms with van der Waals surface area (Å²) in [6, 6.07) is 19.2. The van der Waals surface area contributed by atoms with Gasteiger partial charge in [-0.2, -0.15) is 0 Å². The maximum absolute atomic E-state index is 5.31. The smallest absolute Gasteiger partial charge is 0.118 e. The molecule has 0 unspecified atom stereocenters. The molecule has 1 nitrogen and oxygen atoms in total. The fraction of sp³-hybridized carbons (Fsp3) is 0.200. The number of thioether (sulfide) groups is 2. The Bertz CT molecular complexity index is 803. The van der Waals surface area contributed by atoms with E-state index in [0.717, 1.165) is 5.75 Å². The van der Waals surface area contributed by atoms with Crippen LogP contribution in [0.1, 0.15) is 11.1 Å². The number of ether oxygens (including phenoxy) is 1. The van der Waals surface area contributed by atoms with Gasteiger partial charge in [0, 0.05) is 21.6 Å². The Hall–Kier alpha value is -1.10. The van der Waals surface area contributed by atoms with E-state index in [1.807, 2.05) is 35.7 Å². The van der Waals surface area contributed by atoms with Gasteiger partial charge in [0.1, 0.15) is 9.83 Å². The normalized spacial score (nSPS) is 19.0. The summed E-state index contributed by atoms with van der Waals surface area (Å²) >= 11 is 7.94. The molecule has 1 heterocycles. The molecule has 1 fully saturated rings. The largest absolute Gasteiger partial charge is 0.497 e. The molecule has 1 saturated heterocycles. The Balaban J connectivity index is 1.81. The van der Waals surface area contributed by atoms with Crippen molar-refractivity contribution in [1.82, 2.24) is 0 Å². The van der Waals surface area contributed by atoms with Crippen molar-refractivity contribution in [3.05, 3.63) is 76.3 Å². The van der Waals surface area contributed by atoms with Crippen molar-refractivity contribution in [3.63, 3.8) is 0 Å². The predicted molar refractivity (Wildman–Crippen MR) is 111 cm³/mol. The van der Waals surface area contributed by atoms with E-state index in [-0.39, 0.29) is 4.08 Å². The van der Waals surface area contributed by atoms with Crippen molar-refractivity contribution in [2.75, 3.05) is 18.6 Å². The number of benzene rings is 2. The third-order valence-electron chi connectivity index (χ3n) is 4.35. The summed E-state index contributed by atoms with van der Waals surface area (Å²) in [5, 5.41) is 0. The fourth-order valence-corrected chi connectivity index (χ4v) is 7.78. The zero-order valence-electron chi connectivity index (χ0n) is 13.3. The number of methoxy groups -OCH3 is 1. The van der Waals surface area contributed by atoms with Crippen LogP contribution in [0, 0.1) is 0 Å². The van der Waals surface area contributed by atoms with Crippen LogP contribution in [-0.2, 0) is 0 Å². The van der Waals surface area contributed by atoms with E-state index < -0.39 is 0 Å². The number of rotatable bonds is 3. The van der Waals surface area contributed by atoms with Gasteiger partial charge >= 0.3 is 0 Å². The topological polar surface area (TPSA) is 9.23 Å². The van der Waals surface area contributed by atoms with Gasteiger partial charge in [0.25, 0.3) is 0 Å². The second kappa shape index (κ2) is 6.66. The third-order valence-corrected chi connectivity index (χ3v) is 8.42. The summed E-state index contributed by atoms with van der Waals surface area (Å²) in [6.07, 6.45) is 2.31. The molecule has 0 aromatic heterocycles. The molecular formula is C20H17BrOS2. The molecule has 4 rings (SSSR count). The quantitative estimate of drug-likeness (QED) is 0.600. The summed E-state index contributed by atoms with van der Waals surface area (Å²) in [4.78, 5) is 0. The first-order chi connectivity index (χ1) is 11.7. The van der Waals surface area contributed by atoms with Crippen molar-refractivity contribution in [2.24, 2.45) is 0 Å². The van der Waals surface area contributed by atoms with Crippen LogP contribution in [0.25, 0.3) is 11.1 Å². The Morgan fingerprint density at radius 2 is 1.58 bits per heavy atom. The Morgan fingerprint density at radius 3 is 2.21 bits per heavy atom. The number of allylic oxidation sites excluding steroid dienone is 2. The van der Waals surface area contributed by atoms with Crippen molar-refractivity contribution < 1.29 is 4.74 Å². The minimum absolute atomic E-state index is 0.0191. The maximum atomic E-state index is 5.31. The van der Waals surface area contributed by atoms with Gasteiger partial charge in [-0.25, -0.2) is 0 Å². The summed E-state index contributed by atoms with van der Waals surface area (Å²) in [5.41, 5.74) is 5.33. The molecule has 0 radical (unpaired) electrons. The molecule has 2 aliphatic rings. The first kappa shape index (κ1) is 16.4. The average molecular weight is 417 g/mol. The second-order valence-corrected chi connectivity index (χ2v) is 9.42. The molecule has 0 amide bonds. The summed E-state index contributed by atoms with van der Waals surface area (Å²) in [7, 11) is 1.71. The molecule has 1 spiro atoms. The minimum atomic E-state index is -0.0191. The van der Waals surface area contributed by atoms with Gasteiger partial charge in [-0.15, -0.1) is 23.5 Å². The molecule has 0 atom stereocenters. The summed E-state index contributed by atoms with van der Waals surface area (Å²) in [6.45, 7) is 0. The third kappa shape index (κ3) is 2.65. The van der Waals surface area contributed by atoms with Gasteiger partial charge in [-0.1, -0.05) is 58.4 Å². The summed E-state index contributed by atoms with van der Waals surface area (Å²) in [5.74, 6) is 3.24. The highest BCUT2D eigenvalue weighted by Gasteiger charge is 2.47. The van der Waals surface area contributed by atoms with Crippen LogP contribution in [0.3, 0.4) is 0 Å². The lowest BCUT2D eigenvalue weighted by atomic mass is 9.97. The van der Waals surface area contributed by atoms with Crippen LogP contribution >= 0.6 is 39.5 Å². The highest BCUT2D eigenvalue weighted by molar-refractivity contribution is 9.12. The van der Waals surface area contributed by atoms with E-state index >= 15 is 0 Å². The van der Waals surface area contributed by atoms with E-state index in [9.17, 15) is 0 Å². The van der Waals surface area contributed by atoms with Crippen LogP contribution in [0.5, 0.6) is 5.75 Å². The van der Waals surface area contributed by atoms with Crippen molar-refractivity contribution >= 4 is 50.6 Å². The molecule has 0 saturated carbocycles. The molecule has 2 aromatic rings. The Morgan fingerprint density at radius 1 is 0.917 bits per heavy atom. The number of hydrogen-bond acceptors (Lipinski definition) is 3. The van der Waals surface area contributed by atoms with E-state index in [2.05, 4.69) is 64.5 Å². The standard InChI is InChI=1S/C20H17BrOS2/c1-22-16-9-7-15(8-10-16)19-18(21)13-17(14-5-3-2-4-6-14)20(19)23-11-12-24-20/h2-10,13H,11-12H2,1H3. The molecule has 122 valence electrons. The van der Waals surface area contributed by atoms with Crippen LogP contribution in [0.2, 0.25) is 0 Å². The molecule has 2 aromatic carbocycles. The van der Waals surface area contributed by atoms with Gasteiger partial charge in [0.05, 0.1) is 7.11 Å². The van der Waals surface area contributed by atoms with Crippen molar-refractivity contribution in [3.8, 4) is 5.75 Å². The Labute approximate surface area is 159 Å². The predicted octanol–water partition coefficient (Wildman–Crippen LogP) is 6.07. The Kier molecular flexibility index (Phi) is 4.54. The van der Waals surface area contributed by atoms with Gasteiger partial charge in [-0.05, 0) is 34.9 Å². The number of hydrogen-bond donors (Lipinski definition) is 0. The highest BCUT2D eigenvalue weighted by Crippen LogP contribution is 2.64. The molecule has 1 aliphatic heterocycles. The van der Waals surface area contributed by atoms with Crippen molar-refractivity contribution in [2.45, 2.75) is 4.08 Å². The van der Waals surface area contributed by atoms with Gasteiger partial charge in [0.2, 0.25) is 0 Å². The first-order valence-corrected chi connectivity index (χ1v) is 10.6. The van der Waals surface area contributed by atoms with Crippen LogP contribution in [-0.4, -0.2) is 22.7 Å². The van der Waals surface area contributed by atoms with Crippen LogP contribution < -0.4 is 4.74 Å². The van der Waals surface area contributed by atoms with E-state index in [1.165, 1.54) is 38.3 Å². The average Bonchev–Trinajstić information content (AvgIpc) is 3.22. The van der Waals surface area contributed by atoms with Crippen LogP contribution in [0.4, 0.5) is 0 Å². The van der Waals surface area contributed by atoms with Crippen molar-refractivity contribution in [1.29, 1.82) is 0 Å². The zero-order chi connectivity index (χ0) is 16.6.